The van der Waals surface area contributed by atoms with Crippen LogP contribution in [0.3, 0.4) is 0 Å². The van der Waals surface area contributed by atoms with Crippen molar-refractivity contribution in [1.29, 1.82) is 0 Å². The summed E-state index contributed by atoms with van der Waals surface area (Å²) in [5.74, 6) is -2.17. The zero-order valence-corrected chi connectivity index (χ0v) is 21.0. The van der Waals surface area contributed by atoms with Crippen LogP contribution >= 0.6 is 11.6 Å². The maximum Gasteiger partial charge on any atom is 0.341 e. The maximum absolute atomic E-state index is 15.2. The van der Waals surface area contributed by atoms with Gasteiger partial charge >= 0.3 is 5.97 Å². The minimum Gasteiger partial charge on any atom is -0.477 e. The molecule has 13 heteroatoms. The lowest BCUT2D eigenvalue weighted by Crippen LogP contribution is -2.51. The number of carboxylic acids is 1. The number of carboxylic acid groups (broad SMARTS) is 1. The van der Waals surface area contributed by atoms with Crippen molar-refractivity contribution in [3.8, 4) is 0 Å². The van der Waals surface area contributed by atoms with Crippen molar-refractivity contribution in [1.82, 2.24) is 9.47 Å². The molecule has 1 saturated carbocycles. The first kappa shape index (κ1) is 25.0. The van der Waals surface area contributed by atoms with Crippen molar-refractivity contribution in [3.63, 3.8) is 0 Å². The van der Waals surface area contributed by atoms with Crippen molar-refractivity contribution in [3.05, 3.63) is 69.2 Å². The topological polar surface area (TPSA) is 138 Å². The number of rotatable bonds is 5. The van der Waals surface area contributed by atoms with Gasteiger partial charge in [0.05, 0.1) is 16.1 Å². The van der Waals surface area contributed by atoms with Gasteiger partial charge in [-0.05, 0) is 43.2 Å². The largest absolute Gasteiger partial charge is 0.477 e. The highest BCUT2D eigenvalue weighted by atomic mass is 35.5. The average molecular weight is 548 g/mol. The molecule has 2 aliphatic rings. The predicted octanol–water partition coefficient (Wildman–Crippen LogP) is 2.65. The monoisotopic (exact) mass is 547 g/mol. The van der Waals surface area contributed by atoms with Crippen LogP contribution in [0.15, 0.2) is 56.7 Å². The molecule has 2 aromatic carbocycles. The number of nitrogens with two attached hydrogens (primary N) is 1. The molecule has 2 heterocycles. The first-order chi connectivity index (χ1) is 17.5. The molecule has 3 aromatic rings. The molecule has 0 unspecified atom stereocenters. The Labute approximate surface area is 216 Å². The Hall–Kier alpha value is -3.64. The Morgan fingerprint density at radius 1 is 1.14 bits per heavy atom. The van der Waals surface area contributed by atoms with E-state index >= 15 is 4.39 Å². The number of aromatic carboxylic acids is 1. The Bertz CT molecular complexity index is 1610. The number of hydrogen-bond acceptors (Lipinski definition) is 5. The molecule has 10 nitrogen and oxygen atoms in total. The fourth-order valence-corrected chi connectivity index (χ4v) is 5.69. The summed E-state index contributed by atoms with van der Waals surface area (Å²) in [6.07, 6.45) is 3.03. The molecule has 0 amide bonds. The summed E-state index contributed by atoms with van der Waals surface area (Å²) in [5.41, 5.74) is 5.64. The molecule has 1 aliphatic carbocycles. The lowest BCUT2D eigenvalue weighted by molar-refractivity contribution is 0.0694. The molecular formula is C24H23ClFN5O5S. The number of aromatic nitrogens is 1. The van der Waals surface area contributed by atoms with Crippen molar-refractivity contribution in [2.45, 2.75) is 23.8 Å². The number of anilines is 1. The summed E-state index contributed by atoms with van der Waals surface area (Å²) in [6, 6.07) is 8.45. The molecular weight excluding hydrogens is 525 g/mol. The number of piperazine rings is 1. The molecule has 2 fully saturated rings. The summed E-state index contributed by atoms with van der Waals surface area (Å²) in [7, 11) is -4.06. The van der Waals surface area contributed by atoms with E-state index < -0.39 is 27.2 Å². The molecule has 0 spiro atoms. The minimum atomic E-state index is -4.06. The highest BCUT2D eigenvalue weighted by molar-refractivity contribution is 7.90. The van der Waals surface area contributed by atoms with Gasteiger partial charge in [0.1, 0.15) is 11.4 Å². The second-order valence-electron chi connectivity index (χ2n) is 8.99. The van der Waals surface area contributed by atoms with E-state index in [2.05, 4.69) is 4.40 Å². The van der Waals surface area contributed by atoms with E-state index in [4.69, 9.17) is 17.3 Å². The van der Waals surface area contributed by atoms with E-state index in [0.29, 0.717) is 18.6 Å². The normalized spacial score (nSPS) is 16.9. The summed E-state index contributed by atoms with van der Waals surface area (Å²) >= 11 is 5.88. The van der Waals surface area contributed by atoms with Gasteiger partial charge < -0.3 is 25.2 Å². The third-order valence-corrected chi connectivity index (χ3v) is 8.04. The van der Waals surface area contributed by atoms with E-state index in [9.17, 15) is 23.1 Å². The van der Waals surface area contributed by atoms with Crippen molar-refractivity contribution < 1.29 is 22.7 Å². The average Bonchev–Trinajstić information content (AvgIpc) is 3.69. The van der Waals surface area contributed by atoms with Gasteiger partial charge in [-0.2, -0.15) is 8.42 Å². The van der Waals surface area contributed by atoms with E-state index in [1.807, 2.05) is 0 Å². The van der Waals surface area contributed by atoms with Gasteiger partial charge in [-0.15, -0.1) is 4.40 Å². The van der Waals surface area contributed by atoms with Crippen LogP contribution in [0.2, 0.25) is 5.02 Å². The Morgan fingerprint density at radius 3 is 2.46 bits per heavy atom. The number of guanidine groups is 1. The molecule has 37 heavy (non-hydrogen) atoms. The standard InChI is InChI=1S/C24H23ClFN5O5S/c25-14-2-1-3-16(10-14)37(35,36)28-24(27)30-8-6-29(7-9-30)21-12-20-17(11-19(21)26)22(32)18(23(33)34)13-31(20)15-4-5-15/h1-3,10-13,15H,4-9H2,(H2,27,28)(H,33,34). The van der Waals surface area contributed by atoms with E-state index in [1.54, 1.807) is 26.5 Å². The van der Waals surface area contributed by atoms with Gasteiger partial charge in [0, 0.05) is 48.8 Å². The number of carbonyl (C=O) groups is 1. The van der Waals surface area contributed by atoms with Gasteiger partial charge in [-0.3, -0.25) is 4.79 Å². The number of halogens is 2. The van der Waals surface area contributed by atoms with Crippen LogP contribution in [0.4, 0.5) is 10.1 Å². The maximum atomic E-state index is 15.2. The molecule has 0 bridgehead atoms. The van der Waals surface area contributed by atoms with Crippen molar-refractivity contribution in [2.24, 2.45) is 10.1 Å². The Morgan fingerprint density at radius 2 is 1.84 bits per heavy atom. The van der Waals surface area contributed by atoms with Crippen LogP contribution in [-0.2, 0) is 10.0 Å². The van der Waals surface area contributed by atoms with Gasteiger partial charge in [-0.25, -0.2) is 9.18 Å². The third-order valence-electron chi connectivity index (χ3n) is 6.52. The Kier molecular flexibility index (Phi) is 6.32. The molecule has 194 valence electrons. The first-order valence-electron chi connectivity index (χ1n) is 11.5. The summed E-state index contributed by atoms with van der Waals surface area (Å²) in [6.45, 7) is 1.20. The zero-order chi connectivity index (χ0) is 26.5. The molecule has 1 saturated heterocycles. The van der Waals surface area contributed by atoms with E-state index in [0.717, 1.165) is 18.9 Å². The highest BCUT2D eigenvalue weighted by Gasteiger charge is 2.29. The number of nitrogens with zero attached hydrogens (tertiary/aromatic N) is 4. The lowest BCUT2D eigenvalue weighted by Gasteiger charge is -2.36. The number of pyridine rings is 1. The number of sulfonamides is 1. The molecule has 1 aromatic heterocycles. The van der Waals surface area contributed by atoms with Crippen molar-refractivity contribution in [2.75, 3.05) is 31.1 Å². The van der Waals surface area contributed by atoms with Gasteiger partial charge in [-0.1, -0.05) is 17.7 Å². The molecule has 0 atom stereocenters. The van der Waals surface area contributed by atoms with Crippen molar-refractivity contribution >= 4 is 50.1 Å². The molecule has 0 radical (unpaired) electrons. The lowest BCUT2D eigenvalue weighted by atomic mass is 10.1. The minimum absolute atomic E-state index is 0.0225. The fourth-order valence-electron chi connectivity index (χ4n) is 4.45. The van der Waals surface area contributed by atoms with Gasteiger partial charge in [0.15, 0.2) is 0 Å². The first-order valence-corrected chi connectivity index (χ1v) is 13.3. The van der Waals surface area contributed by atoms with E-state index in [1.165, 1.54) is 24.4 Å². The number of fused-ring (bicyclic) bond motifs is 1. The molecule has 3 N–H and O–H groups in total. The smallest absolute Gasteiger partial charge is 0.341 e. The predicted molar refractivity (Wildman–Crippen MR) is 137 cm³/mol. The second-order valence-corrected chi connectivity index (χ2v) is 11.0. The molecule has 5 rings (SSSR count). The number of benzene rings is 2. The second kappa shape index (κ2) is 9.34. The van der Waals surface area contributed by atoms with E-state index in [-0.39, 0.29) is 51.6 Å². The van der Waals surface area contributed by atoms with Crippen LogP contribution in [0, 0.1) is 5.82 Å². The summed E-state index contributed by atoms with van der Waals surface area (Å²) in [5, 5.41) is 9.69. The summed E-state index contributed by atoms with van der Waals surface area (Å²) < 4.78 is 45.8. The third kappa shape index (κ3) is 4.86. The van der Waals surface area contributed by atoms with Crippen LogP contribution in [-0.4, -0.2) is 61.1 Å². The zero-order valence-electron chi connectivity index (χ0n) is 19.5. The van der Waals surface area contributed by atoms with Crippen LogP contribution < -0.4 is 16.1 Å². The quantitative estimate of drug-likeness (QED) is 0.367. The van der Waals surface area contributed by atoms with Gasteiger partial charge in [0.2, 0.25) is 11.4 Å². The fraction of sp³-hybridized carbons (Fsp3) is 0.292. The van der Waals surface area contributed by atoms with Crippen LogP contribution in [0.25, 0.3) is 10.9 Å². The van der Waals surface area contributed by atoms with Crippen LogP contribution in [0.5, 0.6) is 0 Å². The van der Waals surface area contributed by atoms with Gasteiger partial charge in [0.25, 0.3) is 10.0 Å². The SMILES string of the molecule is NC(=NS(=O)(=O)c1cccc(Cl)c1)N1CCN(c2cc3c(cc2F)c(=O)c(C(=O)O)cn3C2CC2)CC1. The Balaban J connectivity index is 1.40. The summed E-state index contributed by atoms with van der Waals surface area (Å²) in [4.78, 5) is 27.5. The van der Waals surface area contributed by atoms with Crippen LogP contribution in [0.1, 0.15) is 29.2 Å². The highest BCUT2D eigenvalue weighted by Crippen LogP contribution is 2.38. The number of hydrogen-bond donors (Lipinski definition) is 2. The molecule has 1 aliphatic heterocycles.